The second-order valence-electron chi connectivity index (χ2n) is 6.27. The molecule has 2 aromatic carbocycles. The number of hydrogen-bond donors (Lipinski definition) is 3. The van der Waals surface area contributed by atoms with Crippen molar-refractivity contribution in [2.24, 2.45) is 0 Å². The van der Waals surface area contributed by atoms with Crippen LogP contribution in [0, 0.1) is 0 Å². The lowest BCUT2D eigenvalue weighted by Gasteiger charge is -2.09. The summed E-state index contributed by atoms with van der Waals surface area (Å²) >= 11 is 6.40. The van der Waals surface area contributed by atoms with Gasteiger partial charge in [-0.25, -0.2) is 9.97 Å². The molecule has 28 heavy (non-hydrogen) atoms. The quantitative estimate of drug-likeness (QED) is 0.385. The van der Waals surface area contributed by atoms with Gasteiger partial charge in [0.2, 0.25) is 5.95 Å². The molecule has 5 rings (SSSR count). The lowest BCUT2D eigenvalue weighted by Crippen LogP contribution is -2.01. The Morgan fingerprint density at radius 3 is 2.54 bits per heavy atom. The third-order valence-electron chi connectivity index (χ3n) is 4.45. The van der Waals surface area contributed by atoms with Crippen molar-refractivity contribution < 1.29 is 0 Å². The molecule has 0 aliphatic heterocycles. The summed E-state index contributed by atoms with van der Waals surface area (Å²) in [5, 5.41) is 12.2. The van der Waals surface area contributed by atoms with Crippen LogP contribution in [0.2, 0.25) is 5.02 Å². The summed E-state index contributed by atoms with van der Waals surface area (Å²) in [5.41, 5.74) is 4.17. The number of aromatic nitrogens is 5. The molecule has 0 saturated carbocycles. The summed E-state index contributed by atoms with van der Waals surface area (Å²) in [5.74, 6) is 1.11. The van der Waals surface area contributed by atoms with E-state index in [1.165, 1.54) is 0 Å². The molecular weight excluding hydrogens is 372 g/mol. The van der Waals surface area contributed by atoms with Gasteiger partial charge in [0, 0.05) is 22.2 Å². The van der Waals surface area contributed by atoms with E-state index in [-0.39, 0.29) is 0 Å². The lowest BCUT2D eigenvalue weighted by atomic mass is 10.1. The number of nitrogens with zero attached hydrogens (tertiary/aromatic N) is 3. The van der Waals surface area contributed by atoms with Crippen molar-refractivity contribution in [2.75, 3.05) is 5.32 Å². The zero-order chi connectivity index (χ0) is 18.9. The van der Waals surface area contributed by atoms with Crippen LogP contribution in [0.3, 0.4) is 0 Å². The number of anilines is 2. The molecule has 0 spiro atoms. The molecule has 3 heterocycles. The number of hydrogen-bond acceptors (Lipinski definition) is 4. The first-order chi connectivity index (χ1) is 13.8. The highest BCUT2D eigenvalue weighted by Gasteiger charge is 2.13. The largest absolute Gasteiger partial charge is 0.360 e. The van der Waals surface area contributed by atoms with E-state index in [0.717, 1.165) is 33.5 Å². The molecule has 7 heteroatoms. The average Bonchev–Trinajstić information content (AvgIpc) is 3.39. The van der Waals surface area contributed by atoms with E-state index >= 15 is 0 Å². The first-order valence-electron chi connectivity index (χ1n) is 8.76. The molecule has 5 aromatic rings. The third kappa shape index (κ3) is 3.00. The van der Waals surface area contributed by atoms with Crippen molar-refractivity contribution in [3.05, 3.63) is 77.9 Å². The van der Waals surface area contributed by atoms with Crippen LogP contribution in [0.25, 0.3) is 33.5 Å². The zero-order valence-corrected chi connectivity index (χ0v) is 15.4. The molecule has 0 atom stereocenters. The predicted octanol–water partition coefficient (Wildman–Crippen LogP) is 5.41. The topological polar surface area (TPSA) is 82.3 Å². The molecule has 0 amide bonds. The fourth-order valence-electron chi connectivity index (χ4n) is 3.10. The van der Waals surface area contributed by atoms with E-state index in [4.69, 9.17) is 11.6 Å². The Balaban J connectivity index is 1.64. The van der Waals surface area contributed by atoms with Gasteiger partial charge in [0.05, 0.1) is 22.6 Å². The van der Waals surface area contributed by atoms with E-state index in [9.17, 15) is 0 Å². The number of nitrogens with one attached hydrogen (secondary N) is 3. The SMILES string of the molecule is Clc1ccccc1-c1cc(-c2ccc[nH]2)nc(Nc2n[nH]c3ccccc23)n1. The van der Waals surface area contributed by atoms with Crippen molar-refractivity contribution in [2.45, 2.75) is 0 Å². The standard InChI is InChI=1S/C21H15ClN6/c22-15-8-3-1-6-13(15)18-12-19(17-10-5-11-23-17)25-21(24-18)26-20-14-7-2-4-9-16(14)27-28-20/h1-12,23H,(H2,24,25,26,27,28). The van der Waals surface area contributed by atoms with Gasteiger partial charge in [0.1, 0.15) is 0 Å². The molecule has 6 nitrogen and oxygen atoms in total. The first kappa shape index (κ1) is 16.5. The summed E-state index contributed by atoms with van der Waals surface area (Å²) in [6.45, 7) is 0. The van der Waals surface area contributed by atoms with Crippen LogP contribution < -0.4 is 5.32 Å². The van der Waals surface area contributed by atoms with Crippen LogP contribution >= 0.6 is 11.6 Å². The first-order valence-corrected chi connectivity index (χ1v) is 9.13. The number of para-hydroxylation sites is 1. The molecular formula is C21H15ClN6. The Kier molecular flexibility index (Phi) is 4.03. The van der Waals surface area contributed by atoms with E-state index in [1.807, 2.05) is 72.9 Å². The number of H-pyrrole nitrogens is 2. The summed E-state index contributed by atoms with van der Waals surface area (Å²) < 4.78 is 0. The van der Waals surface area contributed by atoms with E-state index < -0.39 is 0 Å². The van der Waals surface area contributed by atoms with Gasteiger partial charge in [-0.2, -0.15) is 5.10 Å². The Bertz CT molecular complexity index is 1260. The van der Waals surface area contributed by atoms with Crippen LogP contribution in [0.5, 0.6) is 0 Å². The van der Waals surface area contributed by atoms with Crippen LogP contribution in [-0.4, -0.2) is 25.1 Å². The van der Waals surface area contributed by atoms with Crippen molar-refractivity contribution in [3.8, 4) is 22.6 Å². The molecule has 0 unspecified atom stereocenters. The molecule has 0 radical (unpaired) electrons. The Hall–Kier alpha value is -3.64. The van der Waals surface area contributed by atoms with Crippen molar-refractivity contribution >= 4 is 34.3 Å². The van der Waals surface area contributed by atoms with Gasteiger partial charge in [-0.15, -0.1) is 0 Å². The highest BCUT2D eigenvalue weighted by molar-refractivity contribution is 6.33. The van der Waals surface area contributed by atoms with Crippen LogP contribution in [-0.2, 0) is 0 Å². The summed E-state index contributed by atoms with van der Waals surface area (Å²) in [7, 11) is 0. The lowest BCUT2D eigenvalue weighted by molar-refractivity contribution is 1.10. The molecule has 3 aromatic heterocycles. The number of aromatic amines is 2. The Labute approximate surface area is 165 Å². The summed E-state index contributed by atoms with van der Waals surface area (Å²) in [6.07, 6.45) is 1.86. The smallest absolute Gasteiger partial charge is 0.229 e. The summed E-state index contributed by atoms with van der Waals surface area (Å²) in [6, 6.07) is 21.3. The van der Waals surface area contributed by atoms with Gasteiger partial charge < -0.3 is 10.3 Å². The number of fused-ring (bicyclic) bond motifs is 1. The highest BCUT2D eigenvalue weighted by Crippen LogP contribution is 2.30. The second-order valence-corrected chi connectivity index (χ2v) is 6.68. The molecule has 0 fully saturated rings. The van der Waals surface area contributed by atoms with Crippen LogP contribution in [0.15, 0.2) is 72.9 Å². The number of rotatable bonds is 4. The van der Waals surface area contributed by atoms with Crippen LogP contribution in [0.4, 0.5) is 11.8 Å². The molecule has 136 valence electrons. The maximum Gasteiger partial charge on any atom is 0.229 e. The Morgan fingerprint density at radius 2 is 1.68 bits per heavy atom. The number of benzene rings is 2. The van der Waals surface area contributed by atoms with Crippen molar-refractivity contribution in [1.82, 2.24) is 25.1 Å². The zero-order valence-electron chi connectivity index (χ0n) is 14.6. The van der Waals surface area contributed by atoms with E-state index in [2.05, 4.69) is 30.5 Å². The molecule has 0 aliphatic carbocycles. The maximum absolute atomic E-state index is 6.40. The molecule has 0 bridgehead atoms. The van der Waals surface area contributed by atoms with Gasteiger partial charge in [0.25, 0.3) is 0 Å². The van der Waals surface area contributed by atoms with Gasteiger partial charge >= 0.3 is 0 Å². The minimum Gasteiger partial charge on any atom is -0.360 e. The number of halogens is 1. The monoisotopic (exact) mass is 386 g/mol. The molecule has 3 N–H and O–H groups in total. The molecule has 0 aliphatic rings. The average molecular weight is 387 g/mol. The fraction of sp³-hybridized carbons (Fsp3) is 0. The fourth-order valence-corrected chi connectivity index (χ4v) is 3.33. The van der Waals surface area contributed by atoms with Gasteiger partial charge in [0.15, 0.2) is 5.82 Å². The normalized spacial score (nSPS) is 11.0. The summed E-state index contributed by atoms with van der Waals surface area (Å²) in [4.78, 5) is 12.5. The second kappa shape index (κ2) is 6.83. The Morgan fingerprint density at radius 1 is 0.857 bits per heavy atom. The highest BCUT2D eigenvalue weighted by atomic mass is 35.5. The van der Waals surface area contributed by atoms with Gasteiger partial charge in [-0.05, 0) is 36.4 Å². The van der Waals surface area contributed by atoms with Gasteiger partial charge in [-0.1, -0.05) is 41.9 Å². The minimum absolute atomic E-state index is 0.444. The minimum atomic E-state index is 0.444. The van der Waals surface area contributed by atoms with Crippen LogP contribution in [0.1, 0.15) is 0 Å². The maximum atomic E-state index is 6.40. The van der Waals surface area contributed by atoms with Crippen molar-refractivity contribution in [1.29, 1.82) is 0 Å². The van der Waals surface area contributed by atoms with Gasteiger partial charge in [-0.3, -0.25) is 5.10 Å². The van der Waals surface area contributed by atoms with E-state index in [1.54, 1.807) is 0 Å². The molecule has 0 saturated heterocycles. The van der Waals surface area contributed by atoms with Crippen molar-refractivity contribution in [3.63, 3.8) is 0 Å². The third-order valence-corrected chi connectivity index (χ3v) is 4.78. The predicted molar refractivity (Wildman–Crippen MR) is 112 cm³/mol. The van der Waals surface area contributed by atoms with E-state index in [0.29, 0.717) is 16.8 Å².